The number of rotatable bonds is 5. The van der Waals surface area contributed by atoms with Crippen LogP contribution in [-0.2, 0) is 0 Å². The zero-order valence-electron chi connectivity index (χ0n) is 30.2. The maximum absolute atomic E-state index is 6.41. The van der Waals surface area contributed by atoms with E-state index in [4.69, 9.17) is 4.42 Å². The number of aromatic nitrogens is 2. The van der Waals surface area contributed by atoms with Crippen LogP contribution in [0.4, 0.5) is 0 Å². The van der Waals surface area contributed by atoms with Crippen molar-refractivity contribution >= 4 is 93.3 Å². The molecule has 258 valence electrons. The van der Waals surface area contributed by atoms with E-state index in [9.17, 15) is 0 Å². The Hall–Kier alpha value is -5.93. The van der Waals surface area contributed by atoms with Crippen molar-refractivity contribution in [3.8, 4) is 16.8 Å². The lowest BCUT2D eigenvalue weighted by molar-refractivity contribution is 0.614. The molecule has 0 amide bonds. The Kier molecular flexibility index (Phi) is 6.89. The van der Waals surface area contributed by atoms with E-state index in [1.165, 1.54) is 85.9 Å². The van der Waals surface area contributed by atoms with Crippen molar-refractivity contribution in [2.45, 2.75) is 13.8 Å². The number of hydrogen-bond donors (Lipinski definition) is 0. The molecule has 0 aliphatic rings. The van der Waals surface area contributed by atoms with Gasteiger partial charge in [-0.15, -0.1) is 11.3 Å². The summed E-state index contributed by atoms with van der Waals surface area (Å²) in [5, 5.41) is 9.03. The van der Waals surface area contributed by atoms with Crippen molar-refractivity contribution in [3.05, 3.63) is 175 Å². The van der Waals surface area contributed by atoms with E-state index >= 15 is 0 Å². The fourth-order valence-electron chi connectivity index (χ4n) is 9.15. The van der Waals surface area contributed by atoms with E-state index in [1.807, 2.05) is 17.6 Å². The normalized spacial score (nSPS) is 12.4. The second kappa shape index (κ2) is 11.8. The van der Waals surface area contributed by atoms with Gasteiger partial charge in [0.2, 0.25) is 0 Å². The van der Waals surface area contributed by atoms with Crippen LogP contribution < -0.4 is 10.6 Å². The SMILES string of the molecule is Cc1c(-c2ccccc2)ccc2occ(-n3c4ccccc4c4cc5sc6c7ccccc7n([P+](C)(c7ccccc7)c7ccccc7)c6c5c(C)c43)c12. The molecule has 11 aromatic rings. The summed E-state index contributed by atoms with van der Waals surface area (Å²) in [6.45, 7) is 7.09. The van der Waals surface area contributed by atoms with E-state index in [0.717, 1.165) is 16.7 Å². The number of benzene rings is 7. The lowest BCUT2D eigenvalue weighted by Crippen LogP contribution is -2.26. The van der Waals surface area contributed by atoms with Gasteiger partial charge < -0.3 is 8.98 Å². The second-order valence-corrected chi connectivity index (χ2v) is 18.9. The van der Waals surface area contributed by atoms with Crippen LogP contribution in [-0.4, -0.2) is 15.6 Å². The highest BCUT2D eigenvalue weighted by atomic mass is 32.1. The topological polar surface area (TPSA) is 23.0 Å². The first-order chi connectivity index (χ1) is 26.5. The predicted molar refractivity (Wildman–Crippen MR) is 234 cm³/mol. The summed E-state index contributed by atoms with van der Waals surface area (Å²) in [4.78, 5) is 0. The molecule has 4 heterocycles. The molecule has 0 spiro atoms. The summed E-state index contributed by atoms with van der Waals surface area (Å²) in [5.41, 5.74) is 11.9. The zero-order valence-corrected chi connectivity index (χ0v) is 32.0. The highest BCUT2D eigenvalue weighted by Crippen LogP contribution is 2.60. The number of fused-ring (bicyclic) bond motifs is 9. The molecular weight excluding hydrogens is 696 g/mol. The van der Waals surface area contributed by atoms with Crippen molar-refractivity contribution in [2.24, 2.45) is 0 Å². The van der Waals surface area contributed by atoms with Gasteiger partial charge in [-0.3, -0.25) is 0 Å². The van der Waals surface area contributed by atoms with Gasteiger partial charge in [0.15, 0.2) is 7.41 Å². The van der Waals surface area contributed by atoms with Gasteiger partial charge >= 0.3 is 0 Å². The Labute approximate surface area is 317 Å². The molecule has 0 N–H and O–H groups in total. The van der Waals surface area contributed by atoms with Crippen molar-refractivity contribution in [3.63, 3.8) is 0 Å². The molecule has 0 radical (unpaired) electrons. The Bertz CT molecular complexity index is 3200. The molecular formula is C49H36N2OPS+. The van der Waals surface area contributed by atoms with E-state index in [1.54, 1.807) is 0 Å². The molecule has 54 heavy (non-hydrogen) atoms. The van der Waals surface area contributed by atoms with Crippen LogP contribution in [0.5, 0.6) is 0 Å². The number of nitrogens with zero attached hydrogens (tertiary/aromatic N) is 2. The summed E-state index contributed by atoms with van der Waals surface area (Å²) >= 11 is 1.94. The third-order valence-electron chi connectivity index (χ3n) is 11.6. The minimum atomic E-state index is -2.18. The standard InChI is InChI=1S/C49H36N2OPS/c1-31-36(33-17-7-4-8-18-33)27-28-43-45(31)42(30-52-43)50-40-25-15-13-23-37(40)39-29-44-46(32(2)47(39)50)48-49(54-44)38-24-14-16-26-41(38)51(48)53(3,34-19-9-5-10-20-34)35-21-11-6-12-22-35/h4-30H,1-3H3/q+1. The third-order valence-corrected chi connectivity index (χ3v) is 16.6. The second-order valence-electron chi connectivity index (χ2n) is 14.5. The fraction of sp³-hybridized carbons (Fsp3) is 0.0612. The highest BCUT2D eigenvalue weighted by Gasteiger charge is 2.43. The zero-order chi connectivity index (χ0) is 36.1. The number of furan rings is 1. The van der Waals surface area contributed by atoms with Gasteiger partial charge in [-0.25, -0.2) is 4.34 Å². The molecule has 11 rings (SSSR count). The van der Waals surface area contributed by atoms with Crippen molar-refractivity contribution in [1.82, 2.24) is 8.90 Å². The summed E-state index contributed by atoms with van der Waals surface area (Å²) in [6, 6.07) is 57.7. The van der Waals surface area contributed by atoms with Gasteiger partial charge in [-0.2, -0.15) is 0 Å². The van der Waals surface area contributed by atoms with Crippen LogP contribution in [0.2, 0.25) is 0 Å². The lowest BCUT2D eigenvalue weighted by atomic mass is 9.97. The lowest BCUT2D eigenvalue weighted by Gasteiger charge is -2.26. The molecule has 0 aliphatic heterocycles. The number of aryl methyl sites for hydroxylation is 2. The Balaban J connectivity index is 1.30. The number of hydrogen-bond acceptors (Lipinski definition) is 2. The minimum Gasteiger partial charge on any atom is -0.462 e. The van der Waals surface area contributed by atoms with Gasteiger partial charge in [0, 0.05) is 31.6 Å². The Morgan fingerprint density at radius 3 is 1.87 bits per heavy atom. The van der Waals surface area contributed by atoms with Gasteiger partial charge in [-0.1, -0.05) is 109 Å². The van der Waals surface area contributed by atoms with E-state index in [-0.39, 0.29) is 0 Å². The van der Waals surface area contributed by atoms with Crippen LogP contribution in [0.15, 0.2) is 168 Å². The third kappa shape index (κ3) is 4.27. The van der Waals surface area contributed by atoms with E-state index < -0.39 is 7.41 Å². The molecule has 0 aliphatic carbocycles. The molecule has 0 fully saturated rings. The smallest absolute Gasteiger partial charge is 0.172 e. The van der Waals surface area contributed by atoms with Crippen molar-refractivity contribution in [1.29, 1.82) is 0 Å². The first kappa shape index (κ1) is 31.6. The predicted octanol–water partition coefficient (Wildman–Crippen LogP) is 13.2. The Morgan fingerprint density at radius 1 is 0.556 bits per heavy atom. The first-order valence-electron chi connectivity index (χ1n) is 18.5. The van der Waals surface area contributed by atoms with Gasteiger partial charge in [0.05, 0.1) is 33.6 Å². The van der Waals surface area contributed by atoms with E-state index in [2.05, 4.69) is 187 Å². The highest BCUT2D eigenvalue weighted by molar-refractivity contribution is 7.88. The van der Waals surface area contributed by atoms with Crippen LogP contribution in [0.1, 0.15) is 11.1 Å². The fourth-order valence-corrected chi connectivity index (χ4v) is 14.0. The average Bonchev–Trinajstić information content (AvgIpc) is 3.98. The molecule has 0 bridgehead atoms. The van der Waals surface area contributed by atoms with E-state index in [0.29, 0.717) is 0 Å². The van der Waals surface area contributed by atoms with Crippen molar-refractivity contribution in [2.75, 3.05) is 6.66 Å². The first-order valence-corrected chi connectivity index (χ1v) is 21.5. The molecule has 3 nitrogen and oxygen atoms in total. The quantitative estimate of drug-likeness (QED) is 0.162. The van der Waals surface area contributed by atoms with Crippen molar-refractivity contribution < 1.29 is 4.42 Å². The molecule has 0 atom stereocenters. The van der Waals surface area contributed by atoms with Gasteiger partial charge in [-0.05, 0) is 84.6 Å². The summed E-state index contributed by atoms with van der Waals surface area (Å²) in [5.74, 6) is 0. The summed E-state index contributed by atoms with van der Waals surface area (Å²) in [6.07, 6.45) is 1.97. The number of thiophene rings is 1. The average molecular weight is 732 g/mol. The largest absolute Gasteiger partial charge is 0.462 e. The molecule has 5 heteroatoms. The monoisotopic (exact) mass is 731 g/mol. The maximum atomic E-state index is 6.41. The number of para-hydroxylation sites is 2. The minimum absolute atomic E-state index is 0.899. The Morgan fingerprint density at radius 2 is 1.17 bits per heavy atom. The van der Waals surface area contributed by atoms with Crippen LogP contribution >= 0.6 is 18.7 Å². The van der Waals surface area contributed by atoms with Crippen LogP contribution in [0, 0.1) is 13.8 Å². The molecule has 7 aromatic carbocycles. The summed E-state index contributed by atoms with van der Waals surface area (Å²) < 4.78 is 14.3. The van der Waals surface area contributed by atoms with Crippen LogP contribution in [0.3, 0.4) is 0 Å². The molecule has 0 saturated heterocycles. The summed E-state index contributed by atoms with van der Waals surface area (Å²) in [7, 11) is -2.18. The van der Waals surface area contributed by atoms with Gasteiger partial charge in [0.25, 0.3) is 0 Å². The molecule has 0 saturated carbocycles. The van der Waals surface area contributed by atoms with Gasteiger partial charge in [0.1, 0.15) is 28.0 Å². The molecule has 4 aromatic heterocycles. The maximum Gasteiger partial charge on any atom is 0.172 e. The molecule has 0 unspecified atom stereocenters. The van der Waals surface area contributed by atoms with Crippen LogP contribution in [0.25, 0.3) is 80.8 Å².